The molecule has 0 aliphatic heterocycles. The van der Waals surface area contributed by atoms with Crippen molar-refractivity contribution in [1.82, 2.24) is 15.2 Å². The summed E-state index contributed by atoms with van der Waals surface area (Å²) in [6, 6.07) is 14.5. The van der Waals surface area contributed by atoms with Crippen molar-refractivity contribution < 1.29 is 14.3 Å². The minimum atomic E-state index is -0.183. The monoisotopic (exact) mass is 471 g/mol. The number of aryl methyl sites for hydroxylation is 1. The summed E-state index contributed by atoms with van der Waals surface area (Å²) >= 11 is 7.19. The zero-order valence-corrected chi connectivity index (χ0v) is 20.1. The molecule has 0 fully saturated rings. The fourth-order valence-electron chi connectivity index (χ4n) is 2.87. The Morgan fingerprint density at radius 3 is 2.41 bits per heavy atom. The summed E-state index contributed by atoms with van der Waals surface area (Å²) in [5.74, 6) is 0.483. The number of rotatable bonds is 8. The minimum absolute atomic E-state index is 0.0239. The van der Waals surface area contributed by atoms with Crippen LogP contribution in [0, 0.1) is 6.92 Å². The van der Waals surface area contributed by atoms with E-state index in [2.05, 4.69) is 10.3 Å². The SMILES string of the molecule is Cc1nc(COc2ccc(Cl)cc2)sc1C(=O)NCc1ccc(C(=O)N(C)C(C)C)cc1. The molecular formula is C24H26ClN3O3S. The summed E-state index contributed by atoms with van der Waals surface area (Å²) in [6.45, 7) is 6.39. The van der Waals surface area contributed by atoms with Crippen LogP contribution >= 0.6 is 22.9 Å². The lowest BCUT2D eigenvalue weighted by Crippen LogP contribution is -2.32. The van der Waals surface area contributed by atoms with Gasteiger partial charge >= 0.3 is 0 Å². The first kappa shape index (κ1) is 23.8. The highest BCUT2D eigenvalue weighted by Gasteiger charge is 2.16. The Balaban J connectivity index is 1.55. The summed E-state index contributed by atoms with van der Waals surface area (Å²) in [6.07, 6.45) is 0. The second-order valence-electron chi connectivity index (χ2n) is 7.65. The second kappa shape index (κ2) is 10.6. The molecule has 3 aromatic rings. The Bertz CT molecular complexity index is 1080. The van der Waals surface area contributed by atoms with E-state index < -0.39 is 0 Å². The predicted octanol–water partition coefficient (Wildman–Crippen LogP) is 5.09. The first-order chi connectivity index (χ1) is 15.2. The van der Waals surface area contributed by atoms with E-state index in [4.69, 9.17) is 16.3 Å². The molecule has 3 rings (SSSR count). The highest BCUT2D eigenvalue weighted by Crippen LogP contribution is 2.21. The van der Waals surface area contributed by atoms with Gasteiger partial charge in [0.05, 0.1) is 5.69 Å². The van der Waals surface area contributed by atoms with Crippen LogP contribution in [-0.4, -0.2) is 34.8 Å². The van der Waals surface area contributed by atoms with Crippen LogP contribution < -0.4 is 10.1 Å². The highest BCUT2D eigenvalue weighted by molar-refractivity contribution is 7.13. The topological polar surface area (TPSA) is 71.5 Å². The van der Waals surface area contributed by atoms with Crippen molar-refractivity contribution in [3.63, 3.8) is 0 Å². The quantitative estimate of drug-likeness (QED) is 0.496. The number of amides is 2. The molecular weight excluding hydrogens is 446 g/mol. The van der Waals surface area contributed by atoms with Gasteiger partial charge in [-0.3, -0.25) is 9.59 Å². The molecule has 2 aromatic carbocycles. The lowest BCUT2D eigenvalue weighted by molar-refractivity contribution is 0.0754. The van der Waals surface area contributed by atoms with Gasteiger partial charge in [0, 0.05) is 30.2 Å². The van der Waals surface area contributed by atoms with E-state index in [1.807, 2.05) is 32.9 Å². The molecule has 0 unspecified atom stereocenters. The first-order valence-electron chi connectivity index (χ1n) is 10.2. The molecule has 0 aliphatic rings. The van der Waals surface area contributed by atoms with Gasteiger partial charge in [-0.25, -0.2) is 4.98 Å². The van der Waals surface area contributed by atoms with Gasteiger partial charge in [0.25, 0.3) is 11.8 Å². The largest absolute Gasteiger partial charge is 0.486 e. The summed E-state index contributed by atoms with van der Waals surface area (Å²) in [7, 11) is 1.79. The van der Waals surface area contributed by atoms with E-state index in [-0.39, 0.29) is 24.5 Å². The number of carbonyl (C=O) groups excluding carboxylic acids is 2. The van der Waals surface area contributed by atoms with Gasteiger partial charge in [-0.2, -0.15) is 0 Å². The molecule has 8 heteroatoms. The number of benzene rings is 2. The van der Waals surface area contributed by atoms with E-state index in [0.717, 1.165) is 10.6 Å². The van der Waals surface area contributed by atoms with Crippen LogP contribution in [0.1, 0.15) is 50.1 Å². The number of hydrogen-bond acceptors (Lipinski definition) is 5. The van der Waals surface area contributed by atoms with Crippen molar-refractivity contribution in [2.45, 2.75) is 40.0 Å². The lowest BCUT2D eigenvalue weighted by Gasteiger charge is -2.21. The Kier molecular flexibility index (Phi) is 7.88. The van der Waals surface area contributed by atoms with Crippen LogP contribution in [0.5, 0.6) is 5.75 Å². The molecule has 1 heterocycles. The third-order valence-corrected chi connectivity index (χ3v) is 6.35. The Hall–Kier alpha value is -2.90. The first-order valence-corrected chi connectivity index (χ1v) is 11.4. The van der Waals surface area contributed by atoms with Crippen molar-refractivity contribution in [1.29, 1.82) is 0 Å². The number of hydrogen-bond donors (Lipinski definition) is 1. The van der Waals surface area contributed by atoms with Crippen molar-refractivity contribution in [2.24, 2.45) is 0 Å². The third kappa shape index (κ3) is 6.08. The Labute approximate surface area is 197 Å². The zero-order valence-electron chi connectivity index (χ0n) is 18.5. The molecule has 0 spiro atoms. The molecule has 1 aromatic heterocycles. The third-order valence-electron chi connectivity index (χ3n) is 4.97. The summed E-state index contributed by atoms with van der Waals surface area (Å²) in [4.78, 5) is 31.7. The van der Waals surface area contributed by atoms with E-state index >= 15 is 0 Å². The van der Waals surface area contributed by atoms with Crippen molar-refractivity contribution in [3.05, 3.63) is 80.3 Å². The zero-order chi connectivity index (χ0) is 23.3. The van der Waals surface area contributed by atoms with Crippen molar-refractivity contribution in [3.8, 4) is 5.75 Å². The van der Waals surface area contributed by atoms with Crippen LogP contribution in [0.2, 0.25) is 5.02 Å². The average Bonchev–Trinajstić information content (AvgIpc) is 3.17. The number of halogens is 1. The molecule has 0 aliphatic carbocycles. The van der Waals surface area contributed by atoms with Gasteiger partial charge in [0.1, 0.15) is 22.2 Å². The van der Waals surface area contributed by atoms with Gasteiger partial charge < -0.3 is 15.0 Å². The number of nitrogens with one attached hydrogen (secondary N) is 1. The number of aromatic nitrogens is 1. The molecule has 0 radical (unpaired) electrons. The maximum absolute atomic E-state index is 12.6. The number of ether oxygens (including phenoxy) is 1. The van der Waals surface area contributed by atoms with Gasteiger partial charge in [0.15, 0.2) is 0 Å². The van der Waals surface area contributed by atoms with Crippen molar-refractivity contribution in [2.75, 3.05) is 7.05 Å². The second-order valence-corrected chi connectivity index (χ2v) is 9.17. The highest BCUT2D eigenvalue weighted by atomic mass is 35.5. The van der Waals surface area contributed by atoms with Gasteiger partial charge in [-0.05, 0) is 62.7 Å². The number of nitrogens with zero attached hydrogens (tertiary/aromatic N) is 2. The molecule has 1 N–H and O–H groups in total. The van der Waals surface area contributed by atoms with E-state index in [9.17, 15) is 9.59 Å². The predicted molar refractivity (Wildman–Crippen MR) is 127 cm³/mol. The normalized spacial score (nSPS) is 10.8. The van der Waals surface area contributed by atoms with Crippen molar-refractivity contribution >= 4 is 34.8 Å². The molecule has 2 amide bonds. The Morgan fingerprint density at radius 1 is 1.12 bits per heavy atom. The smallest absolute Gasteiger partial charge is 0.263 e. The number of thiazole rings is 1. The Morgan fingerprint density at radius 2 is 1.78 bits per heavy atom. The summed E-state index contributed by atoms with van der Waals surface area (Å²) in [5, 5.41) is 4.29. The van der Waals surface area contributed by atoms with Gasteiger partial charge in [0.2, 0.25) is 0 Å². The molecule has 6 nitrogen and oxygen atoms in total. The van der Waals surface area contributed by atoms with E-state index in [1.165, 1.54) is 11.3 Å². The standard InChI is InChI=1S/C24H26ClN3O3S/c1-15(2)28(4)24(30)18-7-5-17(6-8-18)13-26-23(29)22-16(3)27-21(32-22)14-31-20-11-9-19(25)10-12-20/h5-12,15H,13-14H2,1-4H3,(H,26,29). The fraction of sp³-hybridized carbons (Fsp3) is 0.292. The lowest BCUT2D eigenvalue weighted by atomic mass is 10.1. The molecule has 168 valence electrons. The van der Waals surface area contributed by atoms with Crippen LogP contribution in [0.15, 0.2) is 48.5 Å². The molecule has 0 saturated carbocycles. The molecule has 0 bridgehead atoms. The van der Waals surface area contributed by atoms with E-state index in [0.29, 0.717) is 33.5 Å². The maximum atomic E-state index is 12.6. The minimum Gasteiger partial charge on any atom is -0.486 e. The van der Waals surface area contributed by atoms with Gasteiger partial charge in [-0.15, -0.1) is 11.3 Å². The van der Waals surface area contributed by atoms with Crippen LogP contribution in [0.4, 0.5) is 0 Å². The van der Waals surface area contributed by atoms with Crippen LogP contribution in [-0.2, 0) is 13.2 Å². The van der Waals surface area contributed by atoms with Crippen LogP contribution in [0.3, 0.4) is 0 Å². The van der Waals surface area contributed by atoms with Crippen LogP contribution in [0.25, 0.3) is 0 Å². The fourth-order valence-corrected chi connectivity index (χ4v) is 3.89. The summed E-state index contributed by atoms with van der Waals surface area (Å²) in [5.41, 5.74) is 2.20. The molecule has 0 saturated heterocycles. The maximum Gasteiger partial charge on any atom is 0.263 e. The summed E-state index contributed by atoms with van der Waals surface area (Å²) < 4.78 is 5.71. The van der Waals surface area contributed by atoms with E-state index in [1.54, 1.807) is 48.3 Å². The molecule has 32 heavy (non-hydrogen) atoms. The number of carbonyl (C=O) groups is 2. The average molecular weight is 472 g/mol. The van der Waals surface area contributed by atoms with Gasteiger partial charge in [-0.1, -0.05) is 23.7 Å². The molecule has 0 atom stereocenters.